The van der Waals surface area contributed by atoms with E-state index in [2.05, 4.69) is 173 Å². The van der Waals surface area contributed by atoms with Crippen LogP contribution in [0.15, 0.2) is 146 Å². The molecule has 0 bridgehead atoms. The average molecular weight is 711 g/mol. The quantitative estimate of drug-likeness (QED) is 0.157. The lowest BCUT2D eigenvalue weighted by Crippen LogP contribution is -2.06. The molecule has 2 aliphatic carbocycles. The van der Waals surface area contributed by atoms with E-state index >= 15 is 0 Å². The summed E-state index contributed by atoms with van der Waals surface area (Å²) in [7, 11) is 0. The molecule has 0 heteroatoms. The molecule has 11 aromatic rings. The van der Waals surface area contributed by atoms with E-state index in [0.29, 0.717) is 0 Å². The highest BCUT2D eigenvalue weighted by Crippen LogP contribution is 2.60. The number of hydrogen-bond donors (Lipinski definition) is 0. The highest BCUT2D eigenvalue weighted by atomic mass is 14.4. The van der Waals surface area contributed by atoms with Gasteiger partial charge < -0.3 is 0 Å². The van der Waals surface area contributed by atoms with Crippen molar-refractivity contribution in [2.45, 2.75) is 39.5 Å². The molecule has 0 spiro atoms. The summed E-state index contributed by atoms with van der Waals surface area (Å²) in [5.41, 5.74) is 19.7. The van der Waals surface area contributed by atoms with Crippen molar-refractivity contribution >= 4 is 64.6 Å². The number of rotatable bonds is 2. The van der Waals surface area contributed by atoms with E-state index in [4.69, 9.17) is 0 Å². The van der Waals surface area contributed by atoms with Gasteiger partial charge in [-0.15, -0.1) is 0 Å². The number of benzene rings is 11. The zero-order valence-corrected chi connectivity index (χ0v) is 32.0. The molecule has 0 amide bonds. The molecule has 56 heavy (non-hydrogen) atoms. The molecule has 13 rings (SSSR count). The summed E-state index contributed by atoms with van der Waals surface area (Å²) in [4.78, 5) is 0. The first kappa shape index (κ1) is 30.8. The summed E-state index contributed by atoms with van der Waals surface area (Å²) in [6.07, 6.45) is 0. The van der Waals surface area contributed by atoms with E-state index < -0.39 is 0 Å². The minimum atomic E-state index is 0.129. The van der Waals surface area contributed by atoms with Crippen LogP contribution in [0.1, 0.15) is 67.5 Å². The minimum absolute atomic E-state index is 0.129. The molecule has 0 fully saturated rings. The van der Waals surface area contributed by atoms with E-state index in [-0.39, 0.29) is 11.8 Å². The van der Waals surface area contributed by atoms with Crippen molar-refractivity contribution in [2.24, 2.45) is 0 Å². The smallest absolute Gasteiger partial charge is 0.0363 e. The van der Waals surface area contributed by atoms with Crippen LogP contribution < -0.4 is 0 Å². The van der Waals surface area contributed by atoms with Crippen molar-refractivity contribution in [3.8, 4) is 22.3 Å². The van der Waals surface area contributed by atoms with Gasteiger partial charge in [0.05, 0.1) is 0 Å². The Morgan fingerprint density at radius 3 is 1.02 bits per heavy atom. The summed E-state index contributed by atoms with van der Waals surface area (Å²) in [6, 6.07) is 56.5. The maximum Gasteiger partial charge on any atom is 0.0363 e. The van der Waals surface area contributed by atoms with Crippen molar-refractivity contribution in [2.75, 3.05) is 0 Å². The second-order valence-electron chi connectivity index (χ2n) is 16.9. The van der Waals surface area contributed by atoms with Crippen LogP contribution in [0.4, 0.5) is 0 Å². The molecule has 262 valence electrons. The first-order chi connectivity index (χ1) is 27.4. The Hall–Kier alpha value is -6.50. The maximum atomic E-state index is 2.64. The number of hydrogen-bond acceptors (Lipinski definition) is 0. The second-order valence-corrected chi connectivity index (χ2v) is 16.9. The molecule has 0 aliphatic heterocycles. The van der Waals surface area contributed by atoms with Crippen LogP contribution in [-0.2, 0) is 0 Å². The van der Waals surface area contributed by atoms with Gasteiger partial charge in [0.1, 0.15) is 0 Å². The van der Waals surface area contributed by atoms with Gasteiger partial charge in [0, 0.05) is 11.8 Å². The Kier molecular flexibility index (Phi) is 5.84. The Balaban J connectivity index is 1.18. The molecule has 0 N–H and O–H groups in total. The monoisotopic (exact) mass is 710 g/mol. The molecule has 11 aromatic carbocycles. The van der Waals surface area contributed by atoms with E-state index in [1.807, 2.05) is 0 Å². The summed E-state index contributed by atoms with van der Waals surface area (Å²) in [6.45, 7) is 9.27. The Morgan fingerprint density at radius 2 is 0.625 bits per heavy atom. The van der Waals surface area contributed by atoms with Gasteiger partial charge in [-0.2, -0.15) is 0 Å². The topological polar surface area (TPSA) is 0 Å². The summed E-state index contributed by atoms with van der Waals surface area (Å²) < 4.78 is 0. The third-order valence-corrected chi connectivity index (χ3v) is 14.0. The molecule has 0 saturated carbocycles. The van der Waals surface area contributed by atoms with Gasteiger partial charge >= 0.3 is 0 Å². The molecule has 0 aromatic heterocycles. The Morgan fingerprint density at radius 1 is 0.286 bits per heavy atom. The van der Waals surface area contributed by atoms with Crippen LogP contribution in [0.2, 0.25) is 0 Å². The fourth-order valence-corrected chi connectivity index (χ4v) is 11.8. The number of aryl methyl sites for hydroxylation is 4. The van der Waals surface area contributed by atoms with Crippen LogP contribution in [-0.4, -0.2) is 0 Å². The van der Waals surface area contributed by atoms with Crippen LogP contribution in [0.25, 0.3) is 86.9 Å². The molecule has 2 atom stereocenters. The zero-order valence-electron chi connectivity index (χ0n) is 32.0. The lowest BCUT2D eigenvalue weighted by atomic mass is 9.80. The van der Waals surface area contributed by atoms with Crippen molar-refractivity contribution in [1.29, 1.82) is 0 Å². The van der Waals surface area contributed by atoms with E-state index in [1.54, 1.807) is 0 Å². The summed E-state index contributed by atoms with van der Waals surface area (Å²) in [5, 5.41) is 16.3. The average Bonchev–Trinajstić information content (AvgIpc) is 3.69. The van der Waals surface area contributed by atoms with Crippen molar-refractivity contribution in [3.63, 3.8) is 0 Å². The minimum Gasteiger partial charge on any atom is -0.0617 e. The third-order valence-electron chi connectivity index (χ3n) is 14.0. The third kappa shape index (κ3) is 3.75. The Bertz CT molecular complexity index is 3210. The van der Waals surface area contributed by atoms with E-state index in [1.165, 1.54) is 143 Å². The second kappa shape index (κ2) is 10.6. The fourth-order valence-electron chi connectivity index (χ4n) is 11.8. The van der Waals surface area contributed by atoms with Crippen LogP contribution >= 0.6 is 0 Å². The highest BCUT2D eigenvalue weighted by molar-refractivity contribution is 6.27. The van der Waals surface area contributed by atoms with Gasteiger partial charge in [-0.25, -0.2) is 0 Å². The van der Waals surface area contributed by atoms with Gasteiger partial charge in [0.25, 0.3) is 0 Å². The van der Waals surface area contributed by atoms with E-state index in [0.717, 1.165) is 0 Å². The SMILES string of the molecule is Cc1cccc(C)c1C1c2cc3c(cc2-c2cc4ccc5cccc6ccc(c21)c4c56)C(c1c(C)cccc1C)c1c-3cc2ccc3cccc4ccc1c2c34. The lowest BCUT2D eigenvalue weighted by molar-refractivity contribution is 0.975. The van der Waals surface area contributed by atoms with Crippen LogP contribution in [0.3, 0.4) is 0 Å². The summed E-state index contributed by atoms with van der Waals surface area (Å²) in [5.74, 6) is 0.257. The van der Waals surface area contributed by atoms with Gasteiger partial charge in [-0.1, -0.05) is 121 Å². The molecule has 0 heterocycles. The zero-order chi connectivity index (χ0) is 37.1. The van der Waals surface area contributed by atoms with Gasteiger partial charge in [0.2, 0.25) is 0 Å². The van der Waals surface area contributed by atoms with E-state index in [9.17, 15) is 0 Å². The largest absolute Gasteiger partial charge is 0.0617 e. The van der Waals surface area contributed by atoms with Crippen LogP contribution in [0, 0.1) is 27.7 Å². The molecule has 2 aliphatic rings. The fraction of sp³-hybridized carbons (Fsp3) is 0.107. The summed E-state index contributed by atoms with van der Waals surface area (Å²) >= 11 is 0. The van der Waals surface area contributed by atoms with Crippen molar-refractivity contribution in [1.82, 2.24) is 0 Å². The normalized spacial score (nSPS) is 15.9. The first-order valence-corrected chi connectivity index (χ1v) is 20.2. The molecule has 0 nitrogen and oxygen atoms in total. The predicted molar refractivity (Wildman–Crippen MR) is 238 cm³/mol. The van der Waals surface area contributed by atoms with Gasteiger partial charge in [0.15, 0.2) is 0 Å². The molecule has 2 unspecified atom stereocenters. The maximum absolute atomic E-state index is 2.64. The van der Waals surface area contributed by atoms with Crippen molar-refractivity contribution in [3.05, 3.63) is 201 Å². The molecule has 0 radical (unpaired) electrons. The number of fused-ring (bicyclic) bond motifs is 8. The molecule has 0 saturated heterocycles. The Labute approximate surface area is 326 Å². The van der Waals surface area contributed by atoms with Crippen LogP contribution in [0.5, 0.6) is 0 Å². The predicted octanol–water partition coefficient (Wildman–Crippen LogP) is 15.0. The standard InChI is InChI=1S/C56H38/c1-29-9-5-10-30(2)47(29)55-45-27-42-44-26-38-20-18-34-14-8-16-36-22-24-40(52(38)50(34)36)54(44)56(48-31(3)11-6-12-32(48)4)46(42)28-41(45)43-25-37-19-17-33-13-7-15-35-21-23-39(53(43)55)51(37)49(33)35/h5-28,55-56H,1-4H3. The van der Waals surface area contributed by atoms with Gasteiger partial charge in [-0.3, -0.25) is 0 Å². The molecular weight excluding hydrogens is 673 g/mol. The first-order valence-electron chi connectivity index (χ1n) is 20.2. The van der Waals surface area contributed by atoms with Crippen molar-refractivity contribution < 1.29 is 0 Å². The molecular formula is C56H38. The highest BCUT2D eigenvalue weighted by Gasteiger charge is 2.40. The van der Waals surface area contributed by atoms with Gasteiger partial charge in [-0.05, 0) is 194 Å². The lowest BCUT2D eigenvalue weighted by Gasteiger charge is -2.23.